The van der Waals surface area contributed by atoms with Crippen molar-refractivity contribution < 1.29 is 27.3 Å². The van der Waals surface area contributed by atoms with Gasteiger partial charge in [-0.15, -0.1) is 0 Å². The molecule has 3 N–H and O–H groups in total. The van der Waals surface area contributed by atoms with Crippen molar-refractivity contribution in [2.45, 2.75) is 121 Å². The summed E-state index contributed by atoms with van der Waals surface area (Å²) in [5, 5.41) is -1.93. The van der Waals surface area contributed by atoms with E-state index in [1.165, 1.54) is 77.0 Å². The van der Waals surface area contributed by atoms with Crippen LogP contribution in [0.25, 0.3) is 0 Å². The molecule has 0 aliphatic rings. The van der Waals surface area contributed by atoms with E-state index >= 15 is 0 Å². The van der Waals surface area contributed by atoms with E-state index < -0.39 is 33.7 Å². The molecule has 0 fully saturated rings. The second-order valence-electron chi connectivity index (χ2n) is 8.14. The van der Waals surface area contributed by atoms with Crippen LogP contribution in [-0.4, -0.2) is 95.8 Å². The third-order valence-corrected chi connectivity index (χ3v) is 6.33. The van der Waals surface area contributed by atoms with Gasteiger partial charge < -0.3 is 10.5 Å². The van der Waals surface area contributed by atoms with Gasteiger partial charge in [0.2, 0.25) is 5.91 Å². The van der Waals surface area contributed by atoms with Crippen LogP contribution in [0.4, 0.5) is 0 Å². The number of ether oxygens (including phenoxy) is 1. The summed E-state index contributed by atoms with van der Waals surface area (Å²) in [5.41, 5.74) is 4.90. The average Bonchev–Trinajstić information content (AvgIpc) is 2.67. The van der Waals surface area contributed by atoms with Crippen molar-refractivity contribution in [3.05, 3.63) is 0 Å². The van der Waals surface area contributed by atoms with E-state index in [1.807, 2.05) is 0 Å². The minimum absolute atomic E-state index is 0. The normalized spacial score (nSPS) is 11.8. The molecule has 0 aliphatic carbocycles. The van der Waals surface area contributed by atoms with Gasteiger partial charge in [0.05, 0.1) is 13.0 Å². The largest absolute Gasteiger partial charge is 0.465 e. The molecule has 2 radical (unpaired) electrons. The van der Waals surface area contributed by atoms with Crippen LogP contribution in [0.1, 0.15) is 116 Å². The quantitative estimate of drug-likeness (QED) is 0.107. The Morgan fingerprint density at radius 1 is 0.750 bits per heavy atom. The van der Waals surface area contributed by atoms with Gasteiger partial charge >= 0.3 is 5.97 Å². The van der Waals surface area contributed by atoms with E-state index in [0.717, 1.165) is 19.3 Å². The molecule has 0 saturated heterocycles. The van der Waals surface area contributed by atoms with Crippen molar-refractivity contribution in [3.8, 4) is 0 Å². The number of rotatable bonds is 21. The first kappa shape index (κ1) is 37.4. The standard InChI is InChI=1S/C22H43NO6S.2Na/c1-2-3-4-5-6-7-8-9-10-11-12-13-14-15-16-17-18-29-22(25)20(19-21(23)24)30(26,27)28;;/h20H,2-19H2,1H3,(H2,23,24)(H,26,27,28);;. The third-order valence-electron chi connectivity index (χ3n) is 5.25. The van der Waals surface area contributed by atoms with Gasteiger partial charge in [0.25, 0.3) is 10.1 Å². The molecule has 0 aromatic rings. The summed E-state index contributed by atoms with van der Waals surface area (Å²) in [5.74, 6) is -2.12. The van der Waals surface area contributed by atoms with Crippen molar-refractivity contribution in [1.82, 2.24) is 0 Å². The molecule has 0 bridgehead atoms. The molecule has 1 atom stereocenters. The van der Waals surface area contributed by atoms with Crippen LogP contribution in [0.2, 0.25) is 0 Å². The summed E-state index contributed by atoms with van der Waals surface area (Å²) in [7, 11) is -4.71. The average molecular weight is 496 g/mol. The van der Waals surface area contributed by atoms with Crippen molar-refractivity contribution in [3.63, 3.8) is 0 Å². The monoisotopic (exact) mass is 495 g/mol. The molecule has 0 heterocycles. The Morgan fingerprint density at radius 3 is 1.41 bits per heavy atom. The minimum atomic E-state index is -4.71. The van der Waals surface area contributed by atoms with Gasteiger partial charge in [-0.05, 0) is 6.42 Å². The van der Waals surface area contributed by atoms with Crippen LogP contribution in [0.5, 0.6) is 0 Å². The van der Waals surface area contributed by atoms with E-state index in [9.17, 15) is 18.0 Å². The van der Waals surface area contributed by atoms with Crippen LogP contribution in [-0.2, 0) is 24.4 Å². The fourth-order valence-electron chi connectivity index (χ4n) is 3.41. The van der Waals surface area contributed by atoms with Gasteiger partial charge in [0.1, 0.15) is 0 Å². The first-order valence-electron chi connectivity index (χ1n) is 11.7. The fraction of sp³-hybridized carbons (Fsp3) is 0.909. The first-order valence-corrected chi connectivity index (χ1v) is 13.2. The fourth-order valence-corrected chi connectivity index (χ4v) is 4.09. The molecule has 1 unspecified atom stereocenters. The van der Waals surface area contributed by atoms with Gasteiger partial charge in [0.15, 0.2) is 5.25 Å². The first-order chi connectivity index (χ1) is 14.3. The molecule has 0 spiro atoms. The molecule has 0 rings (SSSR count). The number of carbonyl (C=O) groups is 2. The van der Waals surface area contributed by atoms with E-state index in [4.69, 9.17) is 15.0 Å². The van der Waals surface area contributed by atoms with Gasteiger partial charge in [-0.2, -0.15) is 8.42 Å². The van der Waals surface area contributed by atoms with Crippen LogP contribution in [0, 0.1) is 0 Å². The predicted octanol–water partition coefficient (Wildman–Crippen LogP) is 4.16. The van der Waals surface area contributed by atoms with Crippen LogP contribution < -0.4 is 5.73 Å². The SMILES string of the molecule is CCCCCCCCCCCCCCCCCCOC(=O)C(CC(N)=O)S(=O)(=O)O.[Na].[Na]. The number of nitrogens with two attached hydrogens (primary N) is 1. The van der Waals surface area contributed by atoms with Crippen LogP contribution >= 0.6 is 0 Å². The Labute approximate surface area is 240 Å². The summed E-state index contributed by atoms with van der Waals surface area (Å²) in [6, 6.07) is 0. The molecule has 180 valence electrons. The zero-order valence-electron chi connectivity index (χ0n) is 20.8. The molecular weight excluding hydrogens is 452 g/mol. The second kappa shape index (κ2) is 25.0. The Morgan fingerprint density at radius 2 is 1.09 bits per heavy atom. The molecule has 0 aliphatic heterocycles. The van der Waals surface area contributed by atoms with E-state index in [-0.39, 0.29) is 65.7 Å². The molecule has 0 saturated carbocycles. The Kier molecular flexibility index (Phi) is 29.2. The van der Waals surface area contributed by atoms with Gasteiger partial charge in [-0.25, -0.2) is 0 Å². The smallest absolute Gasteiger partial charge is 0.327 e. The van der Waals surface area contributed by atoms with E-state index in [2.05, 4.69) is 6.92 Å². The third kappa shape index (κ3) is 24.0. The Hall–Kier alpha value is 0.850. The summed E-state index contributed by atoms with van der Waals surface area (Å²) < 4.78 is 36.1. The maximum absolute atomic E-state index is 11.7. The molecular formula is C22H43NNa2O6S. The molecule has 1 amide bonds. The summed E-state index contributed by atoms with van der Waals surface area (Å²) >= 11 is 0. The maximum atomic E-state index is 11.7. The van der Waals surface area contributed by atoms with Gasteiger partial charge in [-0.3, -0.25) is 14.1 Å². The number of hydrogen-bond acceptors (Lipinski definition) is 5. The van der Waals surface area contributed by atoms with Crippen molar-refractivity contribution in [2.75, 3.05) is 6.61 Å². The number of hydrogen-bond donors (Lipinski definition) is 2. The van der Waals surface area contributed by atoms with Crippen molar-refractivity contribution >= 4 is 81.1 Å². The molecule has 10 heteroatoms. The number of esters is 1. The van der Waals surface area contributed by atoms with Gasteiger partial charge in [0, 0.05) is 59.1 Å². The van der Waals surface area contributed by atoms with Crippen molar-refractivity contribution in [1.29, 1.82) is 0 Å². The van der Waals surface area contributed by atoms with Crippen LogP contribution in [0.3, 0.4) is 0 Å². The van der Waals surface area contributed by atoms with Crippen molar-refractivity contribution in [2.24, 2.45) is 5.73 Å². The Balaban J connectivity index is -0.00000420. The summed E-state index contributed by atoms with van der Waals surface area (Å²) in [6.45, 7) is 2.32. The minimum Gasteiger partial charge on any atom is -0.465 e. The molecule has 7 nitrogen and oxygen atoms in total. The number of carbonyl (C=O) groups excluding carboxylic acids is 2. The summed E-state index contributed by atoms with van der Waals surface area (Å²) in [6.07, 6.45) is 18.9. The zero-order chi connectivity index (χ0) is 22.7. The number of primary amides is 1. The van der Waals surface area contributed by atoms with Gasteiger partial charge in [-0.1, -0.05) is 103 Å². The maximum Gasteiger partial charge on any atom is 0.327 e. The number of amides is 1. The van der Waals surface area contributed by atoms with E-state index in [1.54, 1.807) is 0 Å². The molecule has 0 aromatic heterocycles. The topological polar surface area (TPSA) is 124 Å². The number of unbranched alkanes of at least 4 members (excludes halogenated alkanes) is 15. The summed E-state index contributed by atoms with van der Waals surface area (Å²) in [4.78, 5) is 22.5. The molecule has 32 heavy (non-hydrogen) atoms. The Bertz CT molecular complexity index is 561. The predicted molar refractivity (Wildman–Crippen MR) is 131 cm³/mol. The van der Waals surface area contributed by atoms with Crippen LogP contribution in [0.15, 0.2) is 0 Å². The second-order valence-corrected chi connectivity index (χ2v) is 9.74. The molecule has 0 aromatic carbocycles. The zero-order valence-corrected chi connectivity index (χ0v) is 25.6. The van der Waals surface area contributed by atoms with E-state index in [0.29, 0.717) is 6.42 Å².